The van der Waals surface area contributed by atoms with Gasteiger partial charge < -0.3 is 11.1 Å². The summed E-state index contributed by atoms with van der Waals surface area (Å²) < 4.78 is 16.2. The van der Waals surface area contributed by atoms with E-state index in [1.165, 1.54) is 6.07 Å². The number of azo groups is 1. The molecule has 0 fully saturated rings. The number of nitrogens with zero attached hydrogens (tertiary/aromatic N) is 7. The summed E-state index contributed by atoms with van der Waals surface area (Å²) >= 11 is 0. The van der Waals surface area contributed by atoms with Crippen LogP contribution in [-0.4, -0.2) is 38.2 Å². The predicted octanol–water partition coefficient (Wildman–Crippen LogP) is 5.28. The van der Waals surface area contributed by atoms with Gasteiger partial charge in [-0.05, 0) is 36.6 Å². The number of nitrogens with one attached hydrogen (secondary N) is 1. The van der Waals surface area contributed by atoms with E-state index in [9.17, 15) is 9.18 Å². The Bertz CT molecular complexity index is 1930. The molecule has 0 saturated heterocycles. The summed E-state index contributed by atoms with van der Waals surface area (Å²) in [6.45, 7) is 2.46. The van der Waals surface area contributed by atoms with E-state index in [0.29, 0.717) is 35.7 Å². The van der Waals surface area contributed by atoms with Crippen LogP contribution in [0.4, 0.5) is 16.0 Å². The van der Waals surface area contributed by atoms with Crippen molar-refractivity contribution in [3.8, 4) is 11.5 Å². The van der Waals surface area contributed by atoms with Crippen LogP contribution in [0, 0.1) is 5.82 Å². The van der Waals surface area contributed by atoms with Crippen LogP contribution in [0.15, 0.2) is 88.0 Å². The number of nitrogen functional groups attached to an aromatic ring is 1. The summed E-state index contributed by atoms with van der Waals surface area (Å²) in [5, 5.41) is 16.4. The lowest BCUT2D eigenvalue weighted by molar-refractivity contribution is -0.119. The molecule has 42 heavy (non-hydrogen) atoms. The number of aliphatic imine (C=N–C) groups is 1. The van der Waals surface area contributed by atoms with E-state index in [1.807, 2.05) is 55.5 Å². The lowest BCUT2D eigenvalue weighted by Gasteiger charge is -2.23. The van der Waals surface area contributed by atoms with Gasteiger partial charge in [-0.25, -0.2) is 19.4 Å². The standard InChI is InChI=1S/C31H26FN9O/c1-31(20-13-10-18(11-14-20)12-15-24-34-17-35-39-24)25-27(33)36-29(37-28(25)38-30(31)42)26-21-7-3-5-9-23(21)41(40-26)16-19-6-2-4-8-22(19)32/h2-11,13-14H,12,15-17H2,1H3,(H3,33,36,37,38,42)/t31-/m0/s1. The number of benzene rings is 3. The summed E-state index contributed by atoms with van der Waals surface area (Å²) in [4.78, 5) is 27.1. The fraction of sp³-hybridized carbons (Fsp3) is 0.194. The molecule has 1 amide bonds. The maximum absolute atomic E-state index is 14.4. The molecule has 1 atom stereocenters. The zero-order valence-corrected chi connectivity index (χ0v) is 22.8. The third-order valence-electron chi connectivity index (χ3n) is 7.94. The van der Waals surface area contributed by atoms with Crippen molar-refractivity contribution in [2.24, 2.45) is 15.2 Å². The minimum absolute atomic E-state index is 0.192. The van der Waals surface area contributed by atoms with Gasteiger partial charge in [-0.15, -0.1) is 5.11 Å². The Hall–Kier alpha value is -5.32. The highest BCUT2D eigenvalue weighted by atomic mass is 19.1. The molecule has 11 heteroatoms. The first-order valence-electron chi connectivity index (χ1n) is 13.6. The van der Waals surface area contributed by atoms with Gasteiger partial charge in [0.2, 0.25) is 5.91 Å². The first-order valence-corrected chi connectivity index (χ1v) is 13.6. The molecule has 2 aliphatic heterocycles. The van der Waals surface area contributed by atoms with Crippen molar-refractivity contribution in [2.45, 2.75) is 31.7 Å². The van der Waals surface area contributed by atoms with Crippen molar-refractivity contribution in [3.05, 3.63) is 101 Å². The maximum atomic E-state index is 14.4. The van der Waals surface area contributed by atoms with E-state index in [4.69, 9.17) is 15.8 Å². The lowest BCUT2D eigenvalue weighted by atomic mass is 9.77. The normalized spacial score (nSPS) is 17.5. The molecule has 3 aromatic carbocycles. The number of aromatic nitrogens is 4. The first kappa shape index (κ1) is 25.6. The number of anilines is 2. The van der Waals surface area contributed by atoms with Crippen molar-refractivity contribution in [1.29, 1.82) is 0 Å². The molecule has 208 valence electrons. The number of para-hydroxylation sites is 1. The molecule has 4 heterocycles. The van der Waals surface area contributed by atoms with Gasteiger partial charge in [-0.1, -0.05) is 60.7 Å². The molecule has 0 unspecified atom stereocenters. The van der Waals surface area contributed by atoms with E-state index in [-0.39, 0.29) is 29.9 Å². The Morgan fingerprint density at radius 3 is 2.57 bits per heavy atom. The van der Waals surface area contributed by atoms with Gasteiger partial charge >= 0.3 is 0 Å². The van der Waals surface area contributed by atoms with E-state index in [0.717, 1.165) is 34.3 Å². The van der Waals surface area contributed by atoms with Crippen LogP contribution in [0.25, 0.3) is 22.4 Å². The van der Waals surface area contributed by atoms with E-state index in [1.54, 1.807) is 22.9 Å². The zero-order chi connectivity index (χ0) is 28.8. The van der Waals surface area contributed by atoms with Crippen molar-refractivity contribution >= 4 is 34.3 Å². The lowest BCUT2D eigenvalue weighted by Crippen LogP contribution is -2.33. The summed E-state index contributed by atoms with van der Waals surface area (Å²) in [7, 11) is 0. The second-order valence-corrected chi connectivity index (χ2v) is 10.5. The second kappa shape index (κ2) is 9.95. The monoisotopic (exact) mass is 559 g/mol. The summed E-state index contributed by atoms with van der Waals surface area (Å²) in [5.74, 6) is 1.03. The quantitative estimate of drug-likeness (QED) is 0.280. The number of hydrogen-bond donors (Lipinski definition) is 2. The van der Waals surface area contributed by atoms with Gasteiger partial charge in [0.25, 0.3) is 0 Å². The van der Waals surface area contributed by atoms with E-state index < -0.39 is 5.41 Å². The second-order valence-electron chi connectivity index (χ2n) is 10.5. The molecule has 0 saturated carbocycles. The topological polar surface area (TPSA) is 136 Å². The first-order chi connectivity index (χ1) is 20.4. The average molecular weight is 560 g/mol. The number of carbonyl (C=O) groups excluding carboxylic acids is 1. The number of carbonyl (C=O) groups is 1. The number of fused-ring (bicyclic) bond motifs is 2. The van der Waals surface area contributed by atoms with Gasteiger partial charge in [0, 0.05) is 17.4 Å². The maximum Gasteiger partial charge on any atom is 0.240 e. The minimum Gasteiger partial charge on any atom is -0.383 e. The fourth-order valence-electron chi connectivity index (χ4n) is 5.64. The number of amides is 1. The number of aryl methyl sites for hydroxylation is 1. The van der Waals surface area contributed by atoms with Gasteiger partial charge in [-0.3, -0.25) is 9.48 Å². The van der Waals surface area contributed by atoms with Crippen LogP contribution < -0.4 is 11.1 Å². The van der Waals surface area contributed by atoms with Crippen molar-refractivity contribution in [2.75, 3.05) is 17.7 Å². The van der Waals surface area contributed by atoms with Gasteiger partial charge in [-0.2, -0.15) is 10.2 Å². The summed E-state index contributed by atoms with van der Waals surface area (Å²) in [6.07, 6.45) is 1.47. The summed E-state index contributed by atoms with van der Waals surface area (Å²) in [6, 6.07) is 22.1. The van der Waals surface area contributed by atoms with Crippen molar-refractivity contribution in [3.63, 3.8) is 0 Å². The Kier molecular flexibility index (Phi) is 6.07. The number of nitrogens with two attached hydrogens (primary N) is 1. The van der Waals surface area contributed by atoms with Crippen LogP contribution in [-0.2, 0) is 23.2 Å². The van der Waals surface area contributed by atoms with Crippen LogP contribution in [0.3, 0.4) is 0 Å². The molecule has 2 aromatic heterocycles. The highest BCUT2D eigenvalue weighted by Crippen LogP contribution is 2.45. The predicted molar refractivity (Wildman–Crippen MR) is 158 cm³/mol. The van der Waals surface area contributed by atoms with Gasteiger partial charge in [0.15, 0.2) is 12.5 Å². The van der Waals surface area contributed by atoms with Crippen molar-refractivity contribution < 1.29 is 9.18 Å². The van der Waals surface area contributed by atoms with Gasteiger partial charge in [0.1, 0.15) is 34.4 Å². The summed E-state index contributed by atoms with van der Waals surface area (Å²) in [5.41, 5.74) is 9.71. The molecule has 5 aromatic rings. The molecule has 3 N–H and O–H groups in total. The largest absolute Gasteiger partial charge is 0.383 e. The van der Waals surface area contributed by atoms with E-state index >= 15 is 0 Å². The molecule has 0 radical (unpaired) electrons. The number of amidine groups is 1. The van der Waals surface area contributed by atoms with Crippen LogP contribution in [0.5, 0.6) is 0 Å². The van der Waals surface area contributed by atoms with Crippen LogP contribution >= 0.6 is 0 Å². The fourth-order valence-corrected chi connectivity index (χ4v) is 5.64. The molecular weight excluding hydrogens is 533 g/mol. The average Bonchev–Trinajstić information content (AvgIpc) is 3.71. The molecular formula is C31H26FN9O. The number of hydrogen-bond acceptors (Lipinski definition) is 8. The van der Waals surface area contributed by atoms with E-state index in [2.05, 4.69) is 25.5 Å². The Balaban J connectivity index is 1.23. The zero-order valence-electron chi connectivity index (χ0n) is 22.8. The smallest absolute Gasteiger partial charge is 0.240 e. The van der Waals surface area contributed by atoms with Crippen molar-refractivity contribution in [1.82, 2.24) is 19.7 Å². The Morgan fingerprint density at radius 2 is 1.79 bits per heavy atom. The third-order valence-corrected chi connectivity index (χ3v) is 7.94. The molecule has 0 spiro atoms. The third kappa shape index (κ3) is 4.21. The van der Waals surface area contributed by atoms with Gasteiger partial charge in [0.05, 0.1) is 17.6 Å². The Labute approximate surface area is 240 Å². The molecule has 2 aliphatic rings. The minimum atomic E-state index is -1.08. The number of halogens is 1. The molecule has 7 rings (SSSR count). The molecule has 10 nitrogen and oxygen atoms in total. The highest BCUT2D eigenvalue weighted by molar-refractivity contribution is 6.09. The van der Waals surface area contributed by atoms with Crippen LogP contribution in [0.1, 0.15) is 35.6 Å². The Morgan fingerprint density at radius 1 is 1.00 bits per heavy atom. The molecule has 0 bridgehead atoms. The highest BCUT2D eigenvalue weighted by Gasteiger charge is 2.47. The van der Waals surface area contributed by atoms with Crippen LogP contribution in [0.2, 0.25) is 0 Å². The SMILES string of the molecule is C[C@@]1(c2ccc(CCC3=NCN=N3)cc2)C(=O)Nc2nc(-c3nn(Cc4ccccc4F)c4ccccc34)nc(N)c21. The number of rotatable bonds is 7. The molecule has 0 aliphatic carbocycles.